The number of hydrogen-bond acceptors (Lipinski definition) is 3. The van der Waals surface area contributed by atoms with Gasteiger partial charge in [-0.1, -0.05) is 26.7 Å². The monoisotopic (exact) mass is 345 g/mol. The Morgan fingerprint density at radius 3 is 2.68 bits per heavy atom. The van der Waals surface area contributed by atoms with Crippen molar-refractivity contribution < 1.29 is 9.53 Å². The molecule has 2 aromatic rings. The first-order valence-corrected chi connectivity index (χ1v) is 9.26. The third kappa shape index (κ3) is 5.05. The van der Waals surface area contributed by atoms with E-state index >= 15 is 0 Å². The van der Waals surface area contributed by atoms with Crippen LogP contribution in [0.5, 0.6) is 0 Å². The van der Waals surface area contributed by atoms with E-state index in [0.29, 0.717) is 12.5 Å². The molecule has 0 saturated carbocycles. The Kier molecular flexibility index (Phi) is 7.44. The lowest BCUT2D eigenvalue weighted by atomic mass is 9.97. The Hall–Kier alpha value is -1.88. The van der Waals surface area contributed by atoms with Gasteiger partial charge in [0.05, 0.1) is 5.52 Å². The summed E-state index contributed by atoms with van der Waals surface area (Å²) in [7, 11) is 1.72. The molecule has 0 radical (unpaired) electrons. The predicted molar refractivity (Wildman–Crippen MR) is 102 cm³/mol. The van der Waals surface area contributed by atoms with Crippen molar-refractivity contribution in [3.8, 4) is 0 Å². The number of unbranched alkanes of at least 4 members (excludes halogenated alkanes) is 1. The van der Waals surface area contributed by atoms with Gasteiger partial charge in [-0.05, 0) is 30.9 Å². The van der Waals surface area contributed by atoms with Crippen LogP contribution in [-0.2, 0) is 16.1 Å². The van der Waals surface area contributed by atoms with E-state index in [1.807, 2.05) is 27.9 Å². The largest absolute Gasteiger partial charge is 0.385 e. The number of pyridine rings is 1. The van der Waals surface area contributed by atoms with Gasteiger partial charge in [0.2, 0.25) is 5.91 Å². The van der Waals surface area contributed by atoms with Crippen molar-refractivity contribution in [2.24, 2.45) is 5.92 Å². The van der Waals surface area contributed by atoms with Crippen LogP contribution in [0, 0.1) is 12.8 Å². The minimum Gasteiger partial charge on any atom is -0.385 e. The van der Waals surface area contributed by atoms with E-state index in [0.717, 1.165) is 42.6 Å². The minimum absolute atomic E-state index is 0.192. The first-order chi connectivity index (χ1) is 12.1. The number of amides is 1. The third-order valence-electron chi connectivity index (χ3n) is 4.73. The number of nitrogens with zero attached hydrogens (tertiary/aromatic N) is 3. The number of likely N-dealkylation sites (tertiary alicyclic amines) is 1. The molecule has 1 aliphatic heterocycles. The Morgan fingerprint density at radius 2 is 2.04 bits per heavy atom. The van der Waals surface area contributed by atoms with Crippen molar-refractivity contribution >= 4 is 16.8 Å². The highest BCUT2D eigenvalue weighted by molar-refractivity contribution is 5.85. The molecule has 2 aromatic heterocycles. The second-order valence-electron chi connectivity index (χ2n) is 6.78. The predicted octanol–water partition coefficient (Wildman–Crippen LogP) is 3.65. The molecule has 5 heteroatoms. The second-order valence-corrected chi connectivity index (χ2v) is 6.78. The molecular formula is C20H31N3O2. The Bertz CT molecular complexity index is 673. The fraction of sp³-hybridized carbons (Fsp3) is 0.600. The number of carbonyl (C=O) groups is 1. The van der Waals surface area contributed by atoms with Gasteiger partial charge >= 0.3 is 0 Å². The van der Waals surface area contributed by atoms with Crippen molar-refractivity contribution in [1.82, 2.24) is 14.5 Å². The van der Waals surface area contributed by atoms with Crippen molar-refractivity contribution in [1.29, 1.82) is 0 Å². The summed E-state index contributed by atoms with van der Waals surface area (Å²) in [5, 5.41) is 1.12. The summed E-state index contributed by atoms with van der Waals surface area (Å²) in [5.41, 5.74) is 2.24. The fourth-order valence-electron chi connectivity index (χ4n) is 2.93. The smallest absolute Gasteiger partial charge is 0.242 e. The van der Waals surface area contributed by atoms with Crippen molar-refractivity contribution in [3.05, 3.63) is 30.2 Å². The molecule has 1 saturated heterocycles. The van der Waals surface area contributed by atoms with Crippen molar-refractivity contribution in [3.63, 3.8) is 0 Å². The van der Waals surface area contributed by atoms with E-state index in [4.69, 9.17) is 4.74 Å². The quantitative estimate of drug-likeness (QED) is 0.803. The highest BCUT2D eigenvalue weighted by atomic mass is 16.5. The first kappa shape index (κ1) is 19.4. The number of methoxy groups -OCH3 is 1. The molecule has 3 rings (SSSR count). The van der Waals surface area contributed by atoms with E-state index < -0.39 is 0 Å². The molecule has 1 fully saturated rings. The van der Waals surface area contributed by atoms with Gasteiger partial charge in [0.1, 0.15) is 6.54 Å². The molecule has 1 aliphatic rings. The number of hydrogen-bond donors (Lipinski definition) is 0. The lowest BCUT2D eigenvalue weighted by Crippen LogP contribution is -2.51. The maximum Gasteiger partial charge on any atom is 0.242 e. The van der Waals surface area contributed by atoms with Crippen molar-refractivity contribution in [2.75, 3.05) is 26.8 Å². The first-order valence-electron chi connectivity index (χ1n) is 9.26. The topological polar surface area (TPSA) is 47.4 Å². The van der Waals surface area contributed by atoms with Crippen LogP contribution in [0.15, 0.2) is 24.7 Å². The number of carbonyl (C=O) groups excluding carboxylic acids is 1. The standard InChI is InChI=1S/C16H21N3O2.C4H10/c1-12-8-18(15-3-5-17-7-14(12)15)11-16(20)19-9-13(10-19)4-6-21-2;1-3-4-2/h3,5,7-8,13H,4,6,9-11H2,1-2H3;3-4H2,1-2H3. The summed E-state index contributed by atoms with van der Waals surface area (Å²) < 4.78 is 7.10. The SMILES string of the molecule is CCCC.COCCC1CN(C(=O)Cn2cc(C)c3cnccc32)C1. The molecule has 0 spiro atoms. The number of aryl methyl sites for hydroxylation is 1. The third-order valence-corrected chi connectivity index (χ3v) is 4.73. The number of rotatable bonds is 6. The van der Waals surface area contributed by atoms with Gasteiger partial charge in [-0.15, -0.1) is 0 Å². The Labute approximate surface area is 151 Å². The average Bonchev–Trinajstić information content (AvgIpc) is 2.90. The molecule has 3 heterocycles. The van der Waals surface area contributed by atoms with Crippen LogP contribution >= 0.6 is 0 Å². The Balaban J connectivity index is 0.000000511. The molecule has 0 atom stereocenters. The molecule has 5 nitrogen and oxygen atoms in total. The molecule has 0 aromatic carbocycles. The van der Waals surface area contributed by atoms with Crippen LogP contribution in [-0.4, -0.2) is 47.2 Å². The summed E-state index contributed by atoms with van der Waals surface area (Å²) in [6.45, 7) is 9.33. The fourth-order valence-corrected chi connectivity index (χ4v) is 2.93. The van der Waals surface area contributed by atoms with Gasteiger partial charge in [0, 0.05) is 50.8 Å². The number of fused-ring (bicyclic) bond motifs is 1. The summed E-state index contributed by atoms with van der Waals surface area (Å²) >= 11 is 0. The zero-order chi connectivity index (χ0) is 18.2. The van der Waals surface area contributed by atoms with E-state index in [2.05, 4.69) is 25.8 Å². The Morgan fingerprint density at radius 1 is 1.32 bits per heavy atom. The summed E-state index contributed by atoms with van der Waals surface area (Å²) in [4.78, 5) is 18.4. The van der Waals surface area contributed by atoms with E-state index in [-0.39, 0.29) is 5.91 Å². The summed E-state index contributed by atoms with van der Waals surface area (Å²) in [6, 6.07) is 1.97. The van der Waals surface area contributed by atoms with Crippen LogP contribution in [0.25, 0.3) is 10.9 Å². The summed E-state index contributed by atoms with van der Waals surface area (Å²) in [6.07, 6.45) is 9.34. The zero-order valence-corrected chi connectivity index (χ0v) is 16.0. The van der Waals surface area contributed by atoms with Gasteiger partial charge in [0.25, 0.3) is 0 Å². The number of aromatic nitrogens is 2. The van der Waals surface area contributed by atoms with Gasteiger partial charge in [-0.3, -0.25) is 9.78 Å². The molecule has 0 unspecified atom stereocenters. The number of ether oxygens (including phenoxy) is 1. The molecule has 0 bridgehead atoms. The summed E-state index contributed by atoms with van der Waals surface area (Å²) in [5.74, 6) is 0.790. The van der Waals surface area contributed by atoms with Crippen LogP contribution in [0.3, 0.4) is 0 Å². The zero-order valence-electron chi connectivity index (χ0n) is 16.0. The normalized spacial score (nSPS) is 14.2. The molecule has 25 heavy (non-hydrogen) atoms. The second kappa shape index (κ2) is 9.56. The average molecular weight is 345 g/mol. The maximum atomic E-state index is 12.3. The van der Waals surface area contributed by atoms with Crippen LogP contribution in [0.2, 0.25) is 0 Å². The van der Waals surface area contributed by atoms with E-state index in [1.165, 1.54) is 12.8 Å². The molecule has 138 valence electrons. The maximum absolute atomic E-state index is 12.3. The van der Waals surface area contributed by atoms with Crippen molar-refractivity contribution in [2.45, 2.75) is 46.6 Å². The highest BCUT2D eigenvalue weighted by Crippen LogP contribution is 2.22. The van der Waals surface area contributed by atoms with Gasteiger partial charge in [-0.25, -0.2) is 0 Å². The van der Waals surface area contributed by atoms with Gasteiger partial charge in [-0.2, -0.15) is 0 Å². The molecule has 0 N–H and O–H groups in total. The lowest BCUT2D eigenvalue weighted by molar-refractivity contribution is -0.138. The van der Waals surface area contributed by atoms with Crippen LogP contribution in [0.1, 0.15) is 38.7 Å². The van der Waals surface area contributed by atoms with Gasteiger partial charge in [0.15, 0.2) is 0 Å². The van der Waals surface area contributed by atoms with E-state index in [1.54, 1.807) is 13.3 Å². The highest BCUT2D eigenvalue weighted by Gasteiger charge is 2.30. The van der Waals surface area contributed by atoms with Crippen LogP contribution in [0.4, 0.5) is 0 Å². The van der Waals surface area contributed by atoms with Crippen LogP contribution < -0.4 is 0 Å². The van der Waals surface area contributed by atoms with Gasteiger partial charge < -0.3 is 14.2 Å². The molecule has 1 amide bonds. The minimum atomic E-state index is 0.192. The molecular weight excluding hydrogens is 314 g/mol. The lowest BCUT2D eigenvalue weighted by Gasteiger charge is -2.39. The molecule has 0 aliphatic carbocycles. The van der Waals surface area contributed by atoms with E-state index in [9.17, 15) is 4.79 Å².